The Bertz CT molecular complexity index is 1000. The summed E-state index contributed by atoms with van der Waals surface area (Å²) in [5, 5.41) is 3.44. The van der Waals surface area contributed by atoms with Crippen LogP contribution in [0.25, 0.3) is 6.08 Å². The fourth-order valence-corrected chi connectivity index (χ4v) is 3.83. The van der Waals surface area contributed by atoms with Crippen molar-refractivity contribution >= 4 is 74.4 Å². The Morgan fingerprint density at radius 1 is 1.21 bits per heavy atom. The number of nitrogens with zero attached hydrogens (tertiary/aromatic N) is 1. The molecular weight excluding hydrogens is 487 g/mol. The van der Waals surface area contributed by atoms with Gasteiger partial charge in [-0.3, -0.25) is 19.8 Å². The van der Waals surface area contributed by atoms with Gasteiger partial charge in [-0.25, -0.2) is 0 Å². The molecule has 0 spiro atoms. The topological polar surface area (TPSA) is 58.6 Å². The van der Waals surface area contributed by atoms with Crippen molar-refractivity contribution in [2.24, 2.45) is 0 Å². The summed E-state index contributed by atoms with van der Waals surface area (Å²) in [5.41, 5.74) is 1.34. The third kappa shape index (κ3) is 4.38. The smallest absolute Gasteiger partial charge is 0.265 e. The highest BCUT2D eigenvalue weighted by Gasteiger charge is 2.30. The molecule has 2 aromatic carbocycles. The minimum Gasteiger partial charge on any atom is -0.486 e. The van der Waals surface area contributed by atoms with Crippen LogP contribution in [0.5, 0.6) is 5.75 Å². The monoisotopic (exact) mass is 498 g/mol. The van der Waals surface area contributed by atoms with Crippen molar-refractivity contribution in [1.29, 1.82) is 0 Å². The summed E-state index contributed by atoms with van der Waals surface area (Å²) < 4.78 is 6.37. The first-order valence-corrected chi connectivity index (χ1v) is 9.94. The van der Waals surface area contributed by atoms with Crippen molar-refractivity contribution in [2.45, 2.75) is 6.61 Å². The zero-order valence-corrected chi connectivity index (χ0v) is 18.4. The maximum atomic E-state index is 12.3. The Morgan fingerprint density at radius 3 is 2.61 bits per heavy atom. The average Bonchev–Trinajstić information content (AvgIpc) is 2.64. The second-order valence-electron chi connectivity index (χ2n) is 5.88. The molecule has 1 saturated heterocycles. The molecule has 2 amide bonds. The predicted molar refractivity (Wildman–Crippen MR) is 116 cm³/mol. The maximum Gasteiger partial charge on any atom is 0.265 e. The minimum absolute atomic E-state index is 0.0381. The molecule has 5 nitrogen and oxygen atoms in total. The molecule has 9 heteroatoms. The van der Waals surface area contributed by atoms with Crippen LogP contribution in [0.3, 0.4) is 0 Å². The van der Waals surface area contributed by atoms with Gasteiger partial charge in [-0.2, -0.15) is 0 Å². The molecule has 0 atom stereocenters. The number of carbonyl (C=O) groups is 2. The second-order valence-corrected chi connectivity index (χ2v) is 7.93. The van der Waals surface area contributed by atoms with Crippen molar-refractivity contribution in [2.75, 3.05) is 7.05 Å². The van der Waals surface area contributed by atoms with Gasteiger partial charge < -0.3 is 4.74 Å². The van der Waals surface area contributed by atoms with E-state index in [1.807, 2.05) is 18.2 Å². The Balaban J connectivity index is 1.86. The number of ether oxygens (including phenoxy) is 1. The molecule has 0 aromatic heterocycles. The van der Waals surface area contributed by atoms with Crippen LogP contribution in [-0.4, -0.2) is 28.9 Å². The van der Waals surface area contributed by atoms with Crippen LogP contribution in [0.4, 0.5) is 0 Å². The Morgan fingerprint density at radius 2 is 1.93 bits per heavy atom. The zero-order valence-electron chi connectivity index (χ0n) is 14.5. The molecule has 0 unspecified atom stereocenters. The number of nitrogens with one attached hydrogen (secondary N) is 1. The van der Waals surface area contributed by atoms with E-state index >= 15 is 0 Å². The van der Waals surface area contributed by atoms with E-state index in [1.165, 1.54) is 18.0 Å². The maximum absolute atomic E-state index is 12.3. The van der Waals surface area contributed by atoms with Crippen LogP contribution in [0.1, 0.15) is 11.1 Å². The number of rotatable bonds is 4. The molecule has 1 aliphatic heterocycles. The van der Waals surface area contributed by atoms with Crippen molar-refractivity contribution in [3.63, 3.8) is 0 Å². The minimum atomic E-state index is -0.556. The lowest BCUT2D eigenvalue weighted by atomic mass is 10.1. The number of halogens is 3. The lowest BCUT2D eigenvalue weighted by Gasteiger charge is -2.25. The molecule has 0 saturated carbocycles. The van der Waals surface area contributed by atoms with Gasteiger partial charge in [0.1, 0.15) is 12.2 Å². The van der Waals surface area contributed by atoms with Crippen molar-refractivity contribution in [1.82, 2.24) is 10.2 Å². The first kappa shape index (κ1) is 20.8. The zero-order chi connectivity index (χ0) is 20.4. The molecule has 0 radical (unpaired) electrons. The van der Waals surface area contributed by atoms with Crippen molar-refractivity contribution < 1.29 is 14.3 Å². The molecule has 0 aliphatic carbocycles. The van der Waals surface area contributed by atoms with Crippen molar-refractivity contribution in [3.05, 3.63) is 67.6 Å². The van der Waals surface area contributed by atoms with Crippen LogP contribution < -0.4 is 10.1 Å². The SMILES string of the molecule is CN1C(=O)/C(=C/c2cc(Cl)c(OCc3ccccc3Cl)c(Br)c2)C(=O)NC1=S. The fraction of sp³-hybridized carbons (Fsp3) is 0.105. The summed E-state index contributed by atoms with van der Waals surface area (Å²) in [4.78, 5) is 25.6. The van der Waals surface area contributed by atoms with Gasteiger partial charge in [0.15, 0.2) is 10.9 Å². The Kier molecular flexibility index (Phi) is 6.40. The molecule has 28 heavy (non-hydrogen) atoms. The van der Waals surface area contributed by atoms with Crippen LogP contribution in [0, 0.1) is 0 Å². The van der Waals surface area contributed by atoms with Crippen molar-refractivity contribution in [3.8, 4) is 5.75 Å². The predicted octanol–water partition coefficient (Wildman–Crippen LogP) is 4.59. The summed E-state index contributed by atoms with van der Waals surface area (Å²) in [6, 6.07) is 10.6. The summed E-state index contributed by atoms with van der Waals surface area (Å²) >= 11 is 20.8. The van der Waals surface area contributed by atoms with Gasteiger partial charge in [0.2, 0.25) is 0 Å². The summed E-state index contributed by atoms with van der Waals surface area (Å²) in [6.07, 6.45) is 1.45. The van der Waals surface area contributed by atoms with E-state index in [2.05, 4.69) is 21.2 Å². The number of hydrogen-bond donors (Lipinski definition) is 1. The van der Waals surface area contributed by atoms with Crippen LogP contribution in [0.2, 0.25) is 10.0 Å². The normalized spacial score (nSPS) is 15.8. The van der Waals surface area contributed by atoms with Gasteiger partial charge >= 0.3 is 0 Å². The molecule has 0 bridgehead atoms. The summed E-state index contributed by atoms with van der Waals surface area (Å²) in [6.45, 7) is 0.238. The molecule has 1 N–H and O–H groups in total. The van der Waals surface area contributed by atoms with Gasteiger partial charge in [0.05, 0.1) is 9.50 Å². The summed E-state index contributed by atoms with van der Waals surface area (Å²) in [5.74, 6) is -0.610. The highest BCUT2D eigenvalue weighted by molar-refractivity contribution is 9.10. The molecule has 1 aliphatic rings. The van der Waals surface area contributed by atoms with E-state index in [4.69, 9.17) is 40.2 Å². The largest absolute Gasteiger partial charge is 0.486 e. The third-order valence-corrected chi connectivity index (χ3v) is 5.58. The standard InChI is InChI=1S/C19H13BrCl2N2O3S/c1-24-18(26)12(17(25)23-19(24)28)6-10-7-13(20)16(15(22)8-10)27-9-11-4-2-3-5-14(11)21/h2-8H,9H2,1H3,(H,23,25,28)/b12-6+. The van der Waals surface area contributed by atoms with Crippen LogP contribution in [-0.2, 0) is 16.2 Å². The van der Waals surface area contributed by atoms with Gasteiger partial charge in [-0.1, -0.05) is 41.4 Å². The molecule has 3 rings (SSSR count). The van der Waals surface area contributed by atoms with E-state index < -0.39 is 11.8 Å². The first-order chi connectivity index (χ1) is 13.3. The van der Waals surface area contributed by atoms with E-state index in [-0.39, 0.29) is 17.3 Å². The van der Waals surface area contributed by atoms with E-state index in [9.17, 15) is 9.59 Å². The van der Waals surface area contributed by atoms with Crippen LogP contribution >= 0.6 is 51.3 Å². The fourth-order valence-electron chi connectivity index (χ4n) is 2.48. The number of carbonyl (C=O) groups excluding carboxylic acids is 2. The number of benzene rings is 2. The van der Waals surface area contributed by atoms with Gasteiger partial charge in [0, 0.05) is 17.6 Å². The van der Waals surface area contributed by atoms with E-state index in [0.717, 1.165) is 5.56 Å². The number of amides is 2. The number of thiocarbonyl (C=S) groups is 1. The lowest BCUT2D eigenvalue weighted by molar-refractivity contribution is -0.128. The second kappa shape index (κ2) is 8.61. The van der Waals surface area contributed by atoms with Gasteiger partial charge in [-0.05, 0) is 58.0 Å². The number of likely N-dealkylation sites (N-methyl/N-ethyl adjacent to an activating group) is 1. The van der Waals surface area contributed by atoms with E-state index in [1.54, 1.807) is 18.2 Å². The van der Waals surface area contributed by atoms with Crippen LogP contribution in [0.15, 0.2) is 46.4 Å². The van der Waals surface area contributed by atoms with E-state index in [0.29, 0.717) is 25.8 Å². The third-order valence-electron chi connectivity index (χ3n) is 3.97. The highest BCUT2D eigenvalue weighted by Crippen LogP contribution is 2.36. The molecular formula is C19H13BrCl2N2O3S. The molecule has 1 fully saturated rings. The number of hydrogen-bond acceptors (Lipinski definition) is 4. The first-order valence-electron chi connectivity index (χ1n) is 7.98. The Labute approximate surface area is 185 Å². The lowest BCUT2D eigenvalue weighted by Crippen LogP contribution is -2.52. The Hall–Kier alpha value is -1.93. The van der Waals surface area contributed by atoms with Gasteiger partial charge in [-0.15, -0.1) is 0 Å². The quantitative estimate of drug-likeness (QED) is 0.379. The molecule has 1 heterocycles. The average molecular weight is 500 g/mol. The van der Waals surface area contributed by atoms with Gasteiger partial charge in [0.25, 0.3) is 11.8 Å². The molecule has 144 valence electrons. The highest BCUT2D eigenvalue weighted by atomic mass is 79.9. The molecule has 2 aromatic rings. The summed E-state index contributed by atoms with van der Waals surface area (Å²) in [7, 11) is 1.49.